The number of anilines is 1. The lowest BCUT2D eigenvalue weighted by Crippen LogP contribution is -2.13. The standard InChI is InChI=1S/C25H20N2O3/c1-3-14-30-23-13-12-18(16-24(23)29-4-2)15-20(17-26)25(28)27-22-11-7-9-19-8-5-6-10-21(19)22/h1,5-13,15-16H,4,14H2,2H3,(H,27,28)/b20-15+. The first-order valence-electron chi connectivity index (χ1n) is 9.40. The van der Waals surface area contributed by atoms with Gasteiger partial charge in [-0.25, -0.2) is 0 Å². The van der Waals surface area contributed by atoms with Gasteiger partial charge in [0.15, 0.2) is 11.5 Å². The number of terminal acetylenes is 1. The van der Waals surface area contributed by atoms with Crippen LogP contribution < -0.4 is 14.8 Å². The van der Waals surface area contributed by atoms with Crippen LogP contribution >= 0.6 is 0 Å². The Balaban J connectivity index is 1.87. The molecule has 3 rings (SSSR count). The first-order valence-corrected chi connectivity index (χ1v) is 9.40. The van der Waals surface area contributed by atoms with Gasteiger partial charge in [-0.1, -0.05) is 48.4 Å². The van der Waals surface area contributed by atoms with Gasteiger partial charge in [-0.05, 0) is 42.1 Å². The molecule has 3 aromatic rings. The maximum absolute atomic E-state index is 12.7. The summed E-state index contributed by atoms with van der Waals surface area (Å²) in [4.78, 5) is 12.7. The molecule has 30 heavy (non-hydrogen) atoms. The number of hydrogen-bond acceptors (Lipinski definition) is 4. The molecule has 0 unspecified atom stereocenters. The van der Waals surface area contributed by atoms with E-state index < -0.39 is 5.91 Å². The van der Waals surface area contributed by atoms with Gasteiger partial charge >= 0.3 is 0 Å². The summed E-state index contributed by atoms with van der Waals surface area (Å²) in [6.45, 7) is 2.41. The predicted molar refractivity (Wildman–Crippen MR) is 118 cm³/mol. The number of rotatable bonds is 7. The van der Waals surface area contributed by atoms with Crippen molar-refractivity contribution in [2.24, 2.45) is 0 Å². The molecule has 0 aliphatic heterocycles. The average molecular weight is 396 g/mol. The van der Waals surface area contributed by atoms with Crippen LogP contribution in [0.5, 0.6) is 11.5 Å². The summed E-state index contributed by atoms with van der Waals surface area (Å²) in [6, 6.07) is 20.5. The van der Waals surface area contributed by atoms with Gasteiger partial charge in [-0.3, -0.25) is 4.79 Å². The molecule has 0 heterocycles. The maximum atomic E-state index is 12.7. The van der Waals surface area contributed by atoms with Crippen molar-refractivity contribution in [2.75, 3.05) is 18.5 Å². The van der Waals surface area contributed by atoms with Gasteiger partial charge in [0, 0.05) is 11.1 Å². The van der Waals surface area contributed by atoms with Crippen molar-refractivity contribution in [3.8, 4) is 29.9 Å². The predicted octanol–water partition coefficient (Wildman–Crippen LogP) is 4.80. The van der Waals surface area contributed by atoms with Gasteiger partial charge in [-0.15, -0.1) is 6.42 Å². The zero-order chi connectivity index (χ0) is 21.3. The monoisotopic (exact) mass is 396 g/mol. The molecule has 148 valence electrons. The smallest absolute Gasteiger partial charge is 0.266 e. The second-order valence-electron chi connectivity index (χ2n) is 6.28. The fourth-order valence-electron chi connectivity index (χ4n) is 2.96. The van der Waals surface area contributed by atoms with E-state index in [2.05, 4.69) is 11.2 Å². The van der Waals surface area contributed by atoms with E-state index in [1.165, 1.54) is 6.08 Å². The van der Waals surface area contributed by atoms with Gasteiger partial charge in [-0.2, -0.15) is 5.26 Å². The molecule has 5 nitrogen and oxygen atoms in total. The Morgan fingerprint density at radius 3 is 2.67 bits per heavy atom. The normalized spacial score (nSPS) is 10.7. The van der Waals surface area contributed by atoms with Gasteiger partial charge in [0.05, 0.1) is 6.61 Å². The molecule has 0 fully saturated rings. The van der Waals surface area contributed by atoms with Gasteiger partial charge in [0.1, 0.15) is 18.2 Å². The van der Waals surface area contributed by atoms with Crippen LogP contribution in [-0.4, -0.2) is 19.1 Å². The summed E-state index contributed by atoms with van der Waals surface area (Å²) in [5, 5.41) is 14.3. The van der Waals surface area contributed by atoms with E-state index in [-0.39, 0.29) is 12.2 Å². The highest BCUT2D eigenvalue weighted by Crippen LogP contribution is 2.29. The zero-order valence-electron chi connectivity index (χ0n) is 16.5. The number of fused-ring (bicyclic) bond motifs is 1. The third-order valence-electron chi connectivity index (χ3n) is 4.29. The summed E-state index contributed by atoms with van der Waals surface area (Å²) in [5.41, 5.74) is 1.26. The van der Waals surface area contributed by atoms with E-state index in [4.69, 9.17) is 15.9 Å². The number of ether oxygens (including phenoxy) is 2. The molecule has 0 aromatic heterocycles. The number of nitrogens with zero attached hydrogens (tertiary/aromatic N) is 1. The lowest BCUT2D eigenvalue weighted by Gasteiger charge is -2.11. The number of nitrogens with one attached hydrogen (secondary N) is 1. The molecule has 0 radical (unpaired) electrons. The second kappa shape index (κ2) is 9.82. The van der Waals surface area contributed by atoms with Gasteiger partial charge in [0.2, 0.25) is 0 Å². The fraction of sp³-hybridized carbons (Fsp3) is 0.120. The molecule has 0 aliphatic carbocycles. The number of hydrogen-bond donors (Lipinski definition) is 1. The van der Waals surface area contributed by atoms with Crippen LogP contribution in [0.2, 0.25) is 0 Å². The highest BCUT2D eigenvalue weighted by Gasteiger charge is 2.12. The average Bonchev–Trinajstić information content (AvgIpc) is 2.77. The van der Waals surface area contributed by atoms with Crippen LogP contribution in [0, 0.1) is 23.7 Å². The minimum absolute atomic E-state index is 0.0253. The van der Waals surface area contributed by atoms with Crippen molar-refractivity contribution in [3.05, 3.63) is 71.8 Å². The molecule has 0 bridgehead atoms. The van der Waals surface area contributed by atoms with E-state index in [1.807, 2.05) is 49.4 Å². The van der Waals surface area contributed by atoms with Gasteiger partial charge in [0.25, 0.3) is 5.91 Å². The molecule has 1 N–H and O–H groups in total. The summed E-state index contributed by atoms with van der Waals surface area (Å²) in [7, 11) is 0. The summed E-state index contributed by atoms with van der Waals surface area (Å²) in [6.07, 6.45) is 6.75. The third kappa shape index (κ3) is 4.79. The van der Waals surface area contributed by atoms with Crippen molar-refractivity contribution in [3.63, 3.8) is 0 Å². The molecule has 0 atom stereocenters. The van der Waals surface area contributed by atoms with Crippen molar-refractivity contribution in [2.45, 2.75) is 6.92 Å². The van der Waals surface area contributed by atoms with E-state index in [0.29, 0.717) is 29.4 Å². The maximum Gasteiger partial charge on any atom is 0.266 e. The van der Waals surface area contributed by atoms with E-state index in [1.54, 1.807) is 24.3 Å². The van der Waals surface area contributed by atoms with Crippen molar-refractivity contribution in [1.82, 2.24) is 0 Å². The Bertz CT molecular complexity index is 1180. The minimum Gasteiger partial charge on any atom is -0.490 e. The quantitative estimate of drug-likeness (QED) is 0.354. The van der Waals surface area contributed by atoms with Crippen LogP contribution in [0.25, 0.3) is 16.8 Å². The topological polar surface area (TPSA) is 71.3 Å². The Kier molecular flexibility index (Phi) is 6.71. The Labute approximate surface area is 175 Å². The molecular formula is C25H20N2O3. The molecule has 1 amide bonds. The Hall–Kier alpha value is -4.22. The van der Waals surface area contributed by atoms with E-state index in [0.717, 1.165) is 10.8 Å². The molecule has 0 saturated carbocycles. The molecule has 5 heteroatoms. The summed E-state index contributed by atoms with van der Waals surface area (Å²) in [5.74, 6) is 2.92. The van der Waals surface area contributed by atoms with Gasteiger partial charge < -0.3 is 14.8 Å². The molecule has 0 saturated heterocycles. The number of amides is 1. The second-order valence-corrected chi connectivity index (χ2v) is 6.28. The zero-order valence-corrected chi connectivity index (χ0v) is 16.5. The van der Waals surface area contributed by atoms with Crippen LogP contribution in [0.15, 0.2) is 66.2 Å². The molecular weight excluding hydrogens is 376 g/mol. The van der Waals surface area contributed by atoms with Crippen molar-refractivity contribution >= 4 is 28.4 Å². The third-order valence-corrected chi connectivity index (χ3v) is 4.29. The number of benzene rings is 3. The Morgan fingerprint density at radius 1 is 1.10 bits per heavy atom. The molecule has 0 aliphatic rings. The minimum atomic E-state index is -0.487. The van der Waals surface area contributed by atoms with Crippen molar-refractivity contribution in [1.29, 1.82) is 5.26 Å². The van der Waals surface area contributed by atoms with Crippen LogP contribution in [0.1, 0.15) is 12.5 Å². The van der Waals surface area contributed by atoms with E-state index >= 15 is 0 Å². The fourth-order valence-corrected chi connectivity index (χ4v) is 2.96. The largest absolute Gasteiger partial charge is 0.490 e. The Morgan fingerprint density at radius 2 is 1.90 bits per heavy atom. The SMILES string of the molecule is C#CCOc1ccc(/C=C(\C#N)C(=O)Nc2cccc3ccccc23)cc1OCC. The molecule has 3 aromatic carbocycles. The lowest BCUT2D eigenvalue weighted by molar-refractivity contribution is -0.112. The number of nitriles is 1. The first-order chi connectivity index (χ1) is 14.7. The first kappa shape index (κ1) is 20.5. The van der Waals surface area contributed by atoms with E-state index in [9.17, 15) is 10.1 Å². The van der Waals surface area contributed by atoms with Crippen molar-refractivity contribution < 1.29 is 14.3 Å². The lowest BCUT2D eigenvalue weighted by atomic mass is 10.1. The van der Waals surface area contributed by atoms with Crippen LogP contribution in [0.3, 0.4) is 0 Å². The van der Waals surface area contributed by atoms with Crippen LogP contribution in [-0.2, 0) is 4.79 Å². The summed E-state index contributed by atoms with van der Waals surface area (Å²) >= 11 is 0. The summed E-state index contributed by atoms with van der Waals surface area (Å²) < 4.78 is 11.1. The highest BCUT2D eigenvalue weighted by atomic mass is 16.5. The molecule has 0 spiro atoms. The number of carbonyl (C=O) groups is 1. The van der Waals surface area contributed by atoms with Crippen LogP contribution in [0.4, 0.5) is 5.69 Å². The number of carbonyl (C=O) groups excluding carboxylic acids is 1. The highest BCUT2D eigenvalue weighted by molar-refractivity contribution is 6.12.